The third kappa shape index (κ3) is 4.23. The Hall–Kier alpha value is 0.460. The molecule has 0 aliphatic rings. The van der Waals surface area contributed by atoms with Crippen LogP contribution in [0.3, 0.4) is 0 Å². The van der Waals surface area contributed by atoms with Crippen LogP contribution < -0.4 is 0 Å². The van der Waals surface area contributed by atoms with Crippen molar-refractivity contribution in [1.82, 2.24) is 0 Å². The van der Waals surface area contributed by atoms with Gasteiger partial charge < -0.3 is 0 Å². The average molecular weight is 447 g/mol. The van der Waals surface area contributed by atoms with E-state index in [1.165, 1.54) is 22.6 Å². The van der Waals surface area contributed by atoms with Crippen molar-refractivity contribution in [3.8, 4) is 0 Å². The van der Waals surface area contributed by atoms with Crippen LogP contribution in [-0.2, 0) is 0 Å². The Balaban J connectivity index is 5.16. The Labute approximate surface area is 129 Å². The predicted molar refractivity (Wildman–Crippen MR) is 67.6 cm³/mol. The molecule has 0 fully saturated rings. The van der Waals surface area contributed by atoms with Crippen molar-refractivity contribution in [1.29, 1.82) is 0 Å². The third-order valence-corrected chi connectivity index (χ3v) is 3.86. The monoisotopic (exact) mass is 446 g/mol. The molecule has 10 heteroatoms. The SMILES string of the molecule is CCCCC(I)CC(F)(F)C(F)(F)C(F)(F)C(F)(F)Cl. The lowest BCUT2D eigenvalue weighted by molar-refractivity contribution is -0.348. The smallest absolute Gasteiger partial charge is 0.200 e. The normalized spacial score (nSPS) is 16.4. The Morgan fingerprint density at radius 2 is 1.40 bits per heavy atom. The van der Waals surface area contributed by atoms with Gasteiger partial charge in [-0.1, -0.05) is 42.4 Å². The first kappa shape index (κ1) is 20.5. The first-order valence-corrected chi connectivity index (χ1v) is 7.17. The van der Waals surface area contributed by atoms with Crippen LogP contribution in [0.25, 0.3) is 0 Å². The zero-order valence-electron chi connectivity index (χ0n) is 10.2. The molecule has 20 heavy (non-hydrogen) atoms. The summed E-state index contributed by atoms with van der Waals surface area (Å²) in [4.78, 5) is 0. The van der Waals surface area contributed by atoms with Crippen LogP contribution in [-0.4, -0.2) is 27.1 Å². The second-order valence-corrected chi connectivity index (χ2v) is 6.53. The topological polar surface area (TPSA) is 0 Å². The quantitative estimate of drug-likeness (QED) is 0.240. The maximum absolute atomic E-state index is 13.3. The lowest BCUT2D eigenvalue weighted by Gasteiger charge is -2.35. The lowest BCUT2D eigenvalue weighted by atomic mass is 9.98. The fraction of sp³-hybridized carbons (Fsp3) is 1.00. The molecule has 0 saturated carbocycles. The standard InChI is InChI=1S/C10H12ClF8I/c1-2-3-4-6(20)5-7(12,13)8(14,15)9(16,17)10(11,18)19/h6H,2-5H2,1H3. The van der Waals surface area contributed by atoms with Crippen molar-refractivity contribution in [3.05, 3.63) is 0 Å². The van der Waals surface area contributed by atoms with Crippen LogP contribution in [0, 0.1) is 0 Å². The highest BCUT2D eigenvalue weighted by atomic mass is 127. The van der Waals surface area contributed by atoms with Gasteiger partial charge in [-0.15, -0.1) is 0 Å². The molecule has 1 atom stereocenters. The molecular weight excluding hydrogens is 434 g/mol. The van der Waals surface area contributed by atoms with Gasteiger partial charge in [0, 0.05) is 10.3 Å². The Bertz CT molecular complexity index is 315. The second kappa shape index (κ2) is 6.70. The Morgan fingerprint density at radius 3 is 1.75 bits per heavy atom. The summed E-state index contributed by atoms with van der Waals surface area (Å²) in [5.41, 5.74) is 0. The molecule has 0 aromatic carbocycles. The minimum absolute atomic E-state index is 0.0889. The third-order valence-electron chi connectivity index (χ3n) is 2.56. The molecule has 0 aromatic heterocycles. The number of unbranched alkanes of at least 4 members (excludes halogenated alkanes) is 1. The van der Waals surface area contributed by atoms with Gasteiger partial charge in [-0.2, -0.15) is 35.1 Å². The maximum Gasteiger partial charge on any atom is 0.392 e. The van der Waals surface area contributed by atoms with Crippen molar-refractivity contribution >= 4 is 34.2 Å². The molecule has 0 radical (unpaired) electrons. The van der Waals surface area contributed by atoms with E-state index in [-0.39, 0.29) is 6.42 Å². The minimum Gasteiger partial charge on any atom is -0.200 e. The average Bonchev–Trinajstić information content (AvgIpc) is 2.23. The van der Waals surface area contributed by atoms with Crippen LogP contribution in [0.2, 0.25) is 0 Å². The summed E-state index contributed by atoms with van der Waals surface area (Å²) >= 11 is 5.24. The molecule has 0 heterocycles. The second-order valence-electron chi connectivity index (χ2n) is 4.29. The predicted octanol–water partition coefficient (Wildman–Crippen LogP) is 6.11. The van der Waals surface area contributed by atoms with Gasteiger partial charge in [0.05, 0.1) is 0 Å². The van der Waals surface area contributed by atoms with Gasteiger partial charge in [-0.3, -0.25) is 0 Å². The largest absolute Gasteiger partial charge is 0.392 e. The van der Waals surface area contributed by atoms with E-state index < -0.39 is 33.5 Å². The van der Waals surface area contributed by atoms with Gasteiger partial charge in [0.25, 0.3) is 0 Å². The maximum atomic E-state index is 13.3. The first-order chi connectivity index (χ1) is 8.70. The zero-order valence-corrected chi connectivity index (χ0v) is 13.1. The molecule has 0 bridgehead atoms. The van der Waals surface area contributed by atoms with Gasteiger partial charge >= 0.3 is 23.1 Å². The van der Waals surface area contributed by atoms with Gasteiger partial charge in [0.1, 0.15) is 0 Å². The summed E-state index contributed by atoms with van der Waals surface area (Å²) < 4.78 is 102. The zero-order chi connectivity index (χ0) is 16.4. The van der Waals surface area contributed by atoms with Gasteiger partial charge in [0.2, 0.25) is 0 Å². The number of rotatable bonds is 8. The fourth-order valence-corrected chi connectivity index (χ4v) is 2.45. The molecule has 0 aliphatic carbocycles. The van der Waals surface area contributed by atoms with Crippen molar-refractivity contribution in [3.63, 3.8) is 0 Å². The van der Waals surface area contributed by atoms with E-state index in [2.05, 4.69) is 11.6 Å². The van der Waals surface area contributed by atoms with Crippen LogP contribution in [0.4, 0.5) is 35.1 Å². The van der Waals surface area contributed by atoms with Crippen molar-refractivity contribution in [2.24, 2.45) is 0 Å². The van der Waals surface area contributed by atoms with E-state index in [0.717, 1.165) is 0 Å². The molecule has 122 valence electrons. The number of hydrogen-bond donors (Lipinski definition) is 0. The highest BCUT2D eigenvalue weighted by Crippen LogP contribution is 2.55. The minimum atomic E-state index is -6.35. The summed E-state index contributed by atoms with van der Waals surface area (Å²) in [7, 11) is 0. The summed E-state index contributed by atoms with van der Waals surface area (Å²) in [5, 5.41) is -5.77. The molecular formula is C10H12ClF8I. The van der Waals surface area contributed by atoms with Crippen LogP contribution in [0.15, 0.2) is 0 Å². The molecule has 0 nitrogen and oxygen atoms in total. The molecule has 0 amide bonds. The van der Waals surface area contributed by atoms with E-state index in [1.807, 2.05) is 0 Å². The van der Waals surface area contributed by atoms with Crippen LogP contribution in [0.1, 0.15) is 32.6 Å². The molecule has 0 N–H and O–H groups in total. The Morgan fingerprint density at radius 1 is 0.950 bits per heavy atom. The number of halogens is 10. The van der Waals surface area contributed by atoms with Crippen LogP contribution in [0.5, 0.6) is 0 Å². The van der Waals surface area contributed by atoms with Crippen molar-refractivity contribution in [2.45, 2.75) is 59.7 Å². The molecule has 0 spiro atoms. The molecule has 0 saturated heterocycles. The highest BCUT2D eigenvalue weighted by molar-refractivity contribution is 14.1. The van der Waals surface area contributed by atoms with E-state index in [4.69, 9.17) is 0 Å². The molecule has 0 aromatic rings. The van der Waals surface area contributed by atoms with E-state index in [9.17, 15) is 35.1 Å². The van der Waals surface area contributed by atoms with Gasteiger partial charge in [-0.05, 0) is 18.0 Å². The lowest BCUT2D eigenvalue weighted by Crippen LogP contribution is -2.60. The first-order valence-electron chi connectivity index (χ1n) is 5.55. The molecule has 0 rings (SSSR count). The van der Waals surface area contributed by atoms with Gasteiger partial charge in [0.15, 0.2) is 0 Å². The Kier molecular flexibility index (Phi) is 6.85. The van der Waals surface area contributed by atoms with Crippen LogP contribution >= 0.6 is 34.2 Å². The van der Waals surface area contributed by atoms with E-state index in [1.54, 1.807) is 6.92 Å². The van der Waals surface area contributed by atoms with Gasteiger partial charge in [-0.25, -0.2) is 0 Å². The summed E-state index contributed by atoms with van der Waals surface area (Å²) in [6, 6.07) is 0. The highest BCUT2D eigenvalue weighted by Gasteiger charge is 2.80. The fourth-order valence-electron chi connectivity index (χ4n) is 1.34. The summed E-state index contributed by atoms with van der Waals surface area (Å²) in [5.74, 6) is -17.9. The van der Waals surface area contributed by atoms with E-state index in [0.29, 0.717) is 12.8 Å². The van der Waals surface area contributed by atoms with E-state index >= 15 is 0 Å². The van der Waals surface area contributed by atoms with Crippen molar-refractivity contribution in [2.75, 3.05) is 0 Å². The molecule has 0 aliphatic heterocycles. The summed E-state index contributed by atoms with van der Waals surface area (Å²) in [6.07, 6.45) is -0.524. The number of hydrogen-bond acceptors (Lipinski definition) is 0. The summed E-state index contributed by atoms with van der Waals surface area (Å²) in [6.45, 7) is 1.72. The number of alkyl halides is 10. The molecule has 1 unspecified atom stereocenters. The van der Waals surface area contributed by atoms with Crippen molar-refractivity contribution < 1.29 is 35.1 Å².